The third-order valence-corrected chi connectivity index (χ3v) is 3.16. The van der Waals surface area contributed by atoms with Crippen molar-refractivity contribution in [3.8, 4) is 11.5 Å². The second kappa shape index (κ2) is 6.14. The van der Waals surface area contributed by atoms with Gasteiger partial charge in [0.25, 0.3) is 5.89 Å². The molecule has 19 heavy (non-hydrogen) atoms. The van der Waals surface area contributed by atoms with Crippen molar-refractivity contribution >= 4 is 12.4 Å². The quantitative estimate of drug-likeness (QED) is 0.927. The molecule has 0 spiro atoms. The molecular weight excluding hydrogens is 264 g/mol. The molecule has 0 aliphatic carbocycles. The molecule has 2 heterocycles. The second-order valence-corrected chi connectivity index (χ2v) is 4.67. The average Bonchev–Trinajstić information content (AvgIpc) is 3.01. The normalized spacial score (nSPS) is 19.3. The summed E-state index contributed by atoms with van der Waals surface area (Å²) in [6.45, 7) is 2.63. The Kier molecular flexibility index (Phi) is 4.52. The summed E-state index contributed by atoms with van der Waals surface area (Å²) in [5.74, 6) is 1.30. The van der Waals surface area contributed by atoms with Gasteiger partial charge in [-0.2, -0.15) is 4.98 Å². The monoisotopic (exact) mass is 280 g/mol. The number of likely N-dealkylation sites (tertiary alicyclic amines) is 1. The van der Waals surface area contributed by atoms with Crippen LogP contribution in [0, 0.1) is 0 Å². The smallest absolute Gasteiger partial charge is 0.257 e. The molecular formula is C13H17ClN4O. The molecule has 1 atom stereocenters. The predicted octanol–water partition coefficient (Wildman–Crippen LogP) is 1.69. The molecule has 3 rings (SSSR count). The maximum atomic E-state index is 5.87. The van der Waals surface area contributed by atoms with Gasteiger partial charge in [-0.25, -0.2) is 0 Å². The first-order chi connectivity index (χ1) is 8.81. The molecule has 102 valence electrons. The highest BCUT2D eigenvalue weighted by Crippen LogP contribution is 2.17. The lowest BCUT2D eigenvalue weighted by atomic mass is 10.2. The predicted molar refractivity (Wildman–Crippen MR) is 74.9 cm³/mol. The van der Waals surface area contributed by atoms with Crippen molar-refractivity contribution in [2.75, 3.05) is 13.1 Å². The molecule has 0 unspecified atom stereocenters. The first kappa shape index (κ1) is 14.0. The van der Waals surface area contributed by atoms with Crippen LogP contribution in [0.25, 0.3) is 11.5 Å². The van der Waals surface area contributed by atoms with Crippen LogP contribution in [-0.4, -0.2) is 34.2 Å². The van der Waals surface area contributed by atoms with E-state index in [2.05, 4.69) is 15.0 Å². The molecule has 5 nitrogen and oxygen atoms in total. The minimum atomic E-state index is 0. The van der Waals surface area contributed by atoms with Crippen molar-refractivity contribution in [1.82, 2.24) is 15.0 Å². The molecule has 0 bridgehead atoms. The fourth-order valence-corrected chi connectivity index (χ4v) is 2.22. The lowest BCUT2D eigenvalue weighted by molar-refractivity contribution is 0.309. The van der Waals surface area contributed by atoms with Gasteiger partial charge in [0.05, 0.1) is 6.54 Å². The molecule has 1 fully saturated rings. The van der Waals surface area contributed by atoms with Crippen molar-refractivity contribution in [1.29, 1.82) is 0 Å². The molecule has 0 saturated carbocycles. The minimum Gasteiger partial charge on any atom is -0.334 e. The Morgan fingerprint density at radius 3 is 2.79 bits per heavy atom. The molecule has 6 heteroatoms. The van der Waals surface area contributed by atoms with E-state index >= 15 is 0 Å². The summed E-state index contributed by atoms with van der Waals surface area (Å²) in [6, 6.07) is 10.1. The number of benzene rings is 1. The summed E-state index contributed by atoms with van der Waals surface area (Å²) in [4.78, 5) is 6.66. The summed E-state index contributed by atoms with van der Waals surface area (Å²) in [7, 11) is 0. The van der Waals surface area contributed by atoms with Gasteiger partial charge in [-0.15, -0.1) is 12.4 Å². The minimum absolute atomic E-state index is 0. The Hall–Kier alpha value is -1.43. The highest BCUT2D eigenvalue weighted by atomic mass is 35.5. The fourth-order valence-electron chi connectivity index (χ4n) is 2.22. The Labute approximate surface area is 118 Å². The van der Waals surface area contributed by atoms with Crippen LogP contribution < -0.4 is 5.73 Å². The zero-order valence-electron chi connectivity index (χ0n) is 10.5. The number of hydrogen-bond donors (Lipinski definition) is 1. The van der Waals surface area contributed by atoms with E-state index < -0.39 is 0 Å². The number of nitrogens with two attached hydrogens (primary N) is 1. The number of aromatic nitrogens is 2. The van der Waals surface area contributed by atoms with Crippen LogP contribution in [0.5, 0.6) is 0 Å². The summed E-state index contributed by atoms with van der Waals surface area (Å²) in [5, 5.41) is 4.01. The lowest BCUT2D eigenvalue weighted by Gasteiger charge is -2.11. The van der Waals surface area contributed by atoms with Crippen molar-refractivity contribution in [2.24, 2.45) is 5.73 Å². The lowest BCUT2D eigenvalue weighted by Crippen LogP contribution is -2.26. The van der Waals surface area contributed by atoms with Crippen molar-refractivity contribution < 1.29 is 4.52 Å². The summed E-state index contributed by atoms with van der Waals surface area (Å²) >= 11 is 0. The van der Waals surface area contributed by atoms with Gasteiger partial charge in [-0.1, -0.05) is 23.4 Å². The topological polar surface area (TPSA) is 68.2 Å². The second-order valence-electron chi connectivity index (χ2n) is 4.67. The SMILES string of the molecule is Cl.N[C@@H]1CCN(Cc2noc(-c3ccccc3)n2)C1. The number of rotatable bonds is 3. The number of hydrogen-bond acceptors (Lipinski definition) is 5. The standard InChI is InChI=1S/C13H16N4O.ClH/c14-11-6-7-17(8-11)9-12-15-13(18-16-12)10-4-2-1-3-5-10;/h1-5,11H,6-9,14H2;1H/t11-;/m1./s1. The van der Waals surface area contributed by atoms with Crippen LogP contribution >= 0.6 is 12.4 Å². The van der Waals surface area contributed by atoms with Crippen LogP contribution in [0.1, 0.15) is 12.2 Å². The Bertz CT molecular complexity index is 516. The van der Waals surface area contributed by atoms with E-state index in [1.54, 1.807) is 0 Å². The maximum Gasteiger partial charge on any atom is 0.257 e. The van der Waals surface area contributed by atoms with Gasteiger partial charge >= 0.3 is 0 Å². The van der Waals surface area contributed by atoms with Gasteiger partial charge < -0.3 is 10.3 Å². The molecule has 2 N–H and O–H groups in total. The van der Waals surface area contributed by atoms with Gasteiger partial charge in [0.1, 0.15) is 0 Å². The van der Waals surface area contributed by atoms with E-state index in [0.29, 0.717) is 12.4 Å². The highest BCUT2D eigenvalue weighted by Gasteiger charge is 2.20. The molecule has 1 saturated heterocycles. The van der Waals surface area contributed by atoms with E-state index in [1.807, 2.05) is 30.3 Å². The van der Waals surface area contributed by atoms with Gasteiger partial charge in [0.2, 0.25) is 0 Å². The van der Waals surface area contributed by atoms with Crippen LogP contribution in [0.15, 0.2) is 34.9 Å². The largest absolute Gasteiger partial charge is 0.334 e. The average molecular weight is 281 g/mol. The van der Waals surface area contributed by atoms with Gasteiger partial charge in [-0.05, 0) is 18.6 Å². The first-order valence-electron chi connectivity index (χ1n) is 6.17. The van der Waals surface area contributed by atoms with E-state index in [9.17, 15) is 0 Å². The summed E-state index contributed by atoms with van der Waals surface area (Å²) in [6.07, 6.45) is 1.05. The fraction of sp³-hybridized carbons (Fsp3) is 0.385. The zero-order valence-corrected chi connectivity index (χ0v) is 11.3. The van der Waals surface area contributed by atoms with E-state index in [4.69, 9.17) is 10.3 Å². The van der Waals surface area contributed by atoms with E-state index in [-0.39, 0.29) is 18.4 Å². The highest BCUT2D eigenvalue weighted by molar-refractivity contribution is 5.85. The van der Waals surface area contributed by atoms with Crippen molar-refractivity contribution in [3.63, 3.8) is 0 Å². The summed E-state index contributed by atoms with van der Waals surface area (Å²) < 4.78 is 5.27. The van der Waals surface area contributed by atoms with Crippen LogP contribution in [0.4, 0.5) is 0 Å². The Morgan fingerprint density at radius 1 is 1.32 bits per heavy atom. The van der Waals surface area contributed by atoms with Crippen LogP contribution in [-0.2, 0) is 6.54 Å². The van der Waals surface area contributed by atoms with Crippen LogP contribution in [0.3, 0.4) is 0 Å². The molecule has 2 aromatic rings. The molecule has 1 aromatic heterocycles. The van der Waals surface area contributed by atoms with E-state index in [0.717, 1.165) is 30.9 Å². The third-order valence-electron chi connectivity index (χ3n) is 3.16. The van der Waals surface area contributed by atoms with Crippen molar-refractivity contribution in [2.45, 2.75) is 19.0 Å². The van der Waals surface area contributed by atoms with Crippen molar-refractivity contribution in [3.05, 3.63) is 36.2 Å². The van der Waals surface area contributed by atoms with Gasteiger partial charge in [0.15, 0.2) is 5.82 Å². The first-order valence-corrected chi connectivity index (χ1v) is 6.17. The molecule has 1 aliphatic rings. The summed E-state index contributed by atoms with van der Waals surface area (Å²) in [5.41, 5.74) is 6.82. The van der Waals surface area contributed by atoms with E-state index in [1.165, 1.54) is 0 Å². The number of halogens is 1. The van der Waals surface area contributed by atoms with Gasteiger partial charge in [-0.3, -0.25) is 4.90 Å². The molecule has 0 radical (unpaired) electrons. The van der Waals surface area contributed by atoms with Gasteiger partial charge in [0, 0.05) is 24.7 Å². The maximum absolute atomic E-state index is 5.87. The molecule has 1 aliphatic heterocycles. The zero-order chi connectivity index (χ0) is 12.4. The number of nitrogens with zero attached hydrogens (tertiary/aromatic N) is 3. The third kappa shape index (κ3) is 3.32. The van der Waals surface area contributed by atoms with Crippen LogP contribution in [0.2, 0.25) is 0 Å². The Balaban J connectivity index is 0.00000133. The Morgan fingerprint density at radius 2 is 2.11 bits per heavy atom. The molecule has 1 aromatic carbocycles. The molecule has 0 amide bonds.